The van der Waals surface area contributed by atoms with E-state index in [1.54, 1.807) is 42.7 Å². The second kappa shape index (κ2) is 10.3. The first-order valence-electron chi connectivity index (χ1n) is 10.8. The van der Waals surface area contributed by atoms with E-state index in [1.807, 2.05) is 6.07 Å². The van der Waals surface area contributed by atoms with Crippen molar-refractivity contribution in [1.29, 1.82) is 0 Å². The molecule has 0 aliphatic rings. The summed E-state index contributed by atoms with van der Waals surface area (Å²) in [6.45, 7) is 6.68. The van der Waals surface area contributed by atoms with Gasteiger partial charge in [0.05, 0.1) is 10.6 Å². The minimum Gasteiger partial charge on any atom is -0.372 e. The van der Waals surface area contributed by atoms with Crippen LogP contribution in [0.4, 0.5) is 11.6 Å². The molecule has 0 amide bonds. The lowest BCUT2D eigenvalue weighted by atomic mass is 10.2. The third kappa shape index (κ3) is 5.04. The van der Waals surface area contributed by atoms with Gasteiger partial charge in [0.1, 0.15) is 0 Å². The SMILES string of the molecule is CCN(CC)c1ccc(CNc2nc(-c3cccnc3)nn2C(=O)c2ccccc2Cl)cc1. The molecule has 0 fully saturated rings. The van der Waals surface area contributed by atoms with E-state index in [-0.39, 0.29) is 5.91 Å². The molecular formula is C25H25ClN6O. The average Bonchev–Trinajstić information content (AvgIpc) is 3.29. The molecule has 0 spiro atoms. The Bertz CT molecular complexity index is 1220. The van der Waals surface area contributed by atoms with Gasteiger partial charge in [0.25, 0.3) is 5.91 Å². The summed E-state index contributed by atoms with van der Waals surface area (Å²) in [5.74, 6) is 0.386. The van der Waals surface area contributed by atoms with Crippen molar-refractivity contribution in [2.75, 3.05) is 23.3 Å². The Morgan fingerprint density at radius 3 is 2.45 bits per heavy atom. The number of carbonyl (C=O) groups is 1. The van der Waals surface area contributed by atoms with Crippen LogP contribution in [0.3, 0.4) is 0 Å². The van der Waals surface area contributed by atoms with E-state index in [1.165, 1.54) is 10.4 Å². The maximum absolute atomic E-state index is 13.2. The van der Waals surface area contributed by atoms with E-state index in [9.17, 15) is 4.79 Å². The third-order valence-electron chi connectivity index (χ3n) is 5.34. The lowest BCUT2D eigenvalue weighted by Crippen LogP contribution is -2.21. The predicted molar refractivity (Wildman–Crippen MR) is 132 cm³/mol. The number of benzene rings is 2. The molecule has 0 atom stereocenters. The maximum Gasteiger partial charge on any atom is 0.282 e. The van der Waals surface area contributed by atoms with Gasteiger partial charge in [0.2, 0.25) is 5.95 Å². The number of aromatic nitrogens is 4. The van der Waals surface area contributed by atoms with Gasteiger partial charge in [-0.05, 0) is 55.8 Å². The predicted octanol–water partition coefficient (Wildman–Crippen LogP) is 5.14. The Balaban J connectivity index is 1.62. The van der Waals surface area contributed by atoms with E-state index in [0.29, 0.717) is 28.9 Å². The van der Waals surface area contributed by atoms with Crippen LogP contribution >= 0.6 is 11.6 Å². The number of rotatable bonds is 8. The normalized spacial score (nSPS) is 10.8. The summed E-state index contributed by atoms with van der Waals surface area (Å²) in [6, 6.07) is 18.9. The molecule has 0 unspecified atom stereocenters. The number of nitrogens with one attached hydrogen (secondary N) is 1. The van der Waals surface area contributed by atoms with Crippen LogP contribution < -0.4 is 10.2 Å². The van der Waals surface area contributed by atoms with Crippen LogP contribution in [-0.2, 0) is 6.54 Å². The number of nitrogens with zero attached hydrogens (tertiary/aromatic N) is 5. The van der Waals surface area contributed by atoms with E-state index >= 15 is 0 Å². The Kier molecular flexibility index (Phi) is 7.00. The van der Waals surface area contributed by atoms with E-state index in [4.69, 9.17) is 11.6 Å². The number of hydrogen-bond acceptors (Lipinski definition) is 6. The molecule has 168 valence electrons. The molecule has 0 aliphatic heterocycles. The second-order valence-corrected chi connectivity index (χ2v) is 7.80. The Morgan fingerprint density at radius 1 is 1.03 bits per heavy atom. The smallest absolute Gasteiger partial charge is 0.282 e. The topological polar surface area (TPSA) is 75.9 Å². The van der Waals surface area contributed by atoms with Crippen molar-refractivity contribution in [3.05, 3.63) is 89.2 Å². The van der Waals surface area contributed by atoms with E-state index in [0.717, 1.165) is 24.2 Å². The molecule has 0 radical (unpaired) electrons. The van der Waals surface area contributed by atoms with Gasteiger partial charge in [0, 0.05) is 43.3 Å². The largest absolute Gasteiger partial charge is 0.372 e. The zero-order chi connectivity index (χ0) is 23.2. The standard InChI is InChI=1S/C25H25ClN6O/c1-3-31(4-2)20-13-11-18(12-14-20)16-28-25-29-23(19-8-7-15-27-17-19)30-32(25)24(33)21-9-5-6-10-22(21)26/h5-15,17H,3-4,16H2,1-2H3,(H,28,29,30). The van der Waals surface area contributed by atoms with E-state index in [2.05, 4.69) is 63.4 Å². The molecule has 1 N–H and O–H groups in total. The minimum absolute atomic E-state index is 0.339. The zero-order valence-corrected chi connectivity index (χ0v) is 19.3. The fraction of sp³-hybridized carbons (Fsp3) is 0.200. The molecule has 2 heterocycles. The molecule has 0 saturated carbocycles. The van der Waals surface area contributed by atoms with Crippen LogP contribution in [0, 0.1) is 0 Å². The van der Waals surface area contributed by atoms with Crippen LogP contribution in [0.2, 0.25) is 5.02 Å². The molecule has 4 rings (SSSR count). The number of carbonyl (C=O) groups excluding carboxylic acids is 1. The number of anilines is 2. The van der Waals surface area contributed by atoms with Gasteiger partial charge < -0.3 is 10.2 Å². The van der Waals surface area contributed by atoms with Crippen LogP contribution in [0.15, 0.2) is 73.1 Å². The van der Waals surface area contributed by atoms with Crippen molar-refractivity contribution in [3.8, 4) is 11.4 Å². The first-order valence-corrected chi connectivity index (χ1v) is 11.2. The van der Waals surface area contributed by atoms with Crippen LogP contribution in [-0.4, -0.2) is 38.7 Å². The van der Waals surface area contributed by atoms with Gasteiger partial charge >= 0.3 is 0 Å². The molecule has 7 nitrogen and oxygen atoms in total. The van der Waals surface area contributed by atoms with Crippen molar-refractivity contribution in [2.45, 2.75) is 20.4 Å². The Morgan fingerprint density at radius 2 is 1.79 bits per heavy atom. The molecule has 33 heavy (non-hydrogen) atoms. The fourth-order valence-electron chi connectivity index (χ4n) is 3.53. The summed E-state index contributed by atoms with van der Waals surface area (Å²) in [7, 11) is 0. The lowest BCUT2D eigenvalue weighted by Gasteiger charge is -2.21. The summed E-state index contributed by atoms with van der Waals surface area (Å²) < 4.78 is 1.26. The van der Waals surface area contributed by atoms with Gasteiger partial charge in [-0.2, -0.15) is 9.67 Å². The van der Waals surface area contributed by atoms with E-state index < -0.39 is 0 Å². The molecule has 8 heteroatoms. The lowest BCUT2D eigenvalue weighted by molar-refractivity contribution is 0.0947. The number of pyridine rings is 1. The maximum atomic E-state index is 13.2. The Labute approximate surface area is 198 Å². The minimum atomic E-state index is -0.359. The number of halogens is 1. The van der Waals surface area contributed by atoms with Crippen molar-refractivity contribution < 1.29 is 4.79 Å². The molecular weight excluding hydrogens is 436 g/mol. The van der Waals surface area contributed by atoms with Crippen molar-refractivity contribution in [2.24, 2.45) is 0 Å². The average molecular weight is 461 g/mol. The van der Waals surface area contributed by atoms with Gasteiger partial charge in [-0.25, -0.2) is 0 Å². The highest BCUT2D eigenvalue weighted by Crippen LogP contribution is 2.22. The number of hydrogen-bond donors (Lipinski definition) is 1. The monoisotopic (exact) mass is 460 g/mol. The summed E-state index contributed by atoms with van der Waals surface area (Å²) in [6.07, 6.45) is 3.34. The first-order chi connectivity index (χ1) is 16.1. The molecule has 0 saturated heterocycles. The third-order valence-corrected chi connectivity index (χ3v) is 5.67. The molecule has 4 aromatic rings. The van der Waals surface area contributed by atoms with Gasteiger partial charge in [0.15, 0.2) is 5.82 Å². The summed E-state index contributed by atoms with van der Waals surface area (Å²) in [5.41, 5.74) is 3.32. The summed E-state index contributed by atoms with van der Waals surface area (Å²) in [4.78, 5) is 24.2. The van der Waals surface area contributed by atoms with Gasteiger partial charge in [-0.15, -0.1) is 5.10 Å². The second-order valence-electron chi connectivity index (χ2n) is 7.39. The van der Waals surface area contributed by atoms with Crippen LogP contribution in [0.1, 0.15) is 29.8 Å². The van der Waals surface area contributed by atoms with Gasteiger partial charge in [-0.3, -0.25) is 9.78 Å². The fourth-order valence-corrected chi connectivity index (χ4v) is 3.75. The molecule has 2 aromatic heterocycles. The van der Waals surface area contributed by atoms with Crippen molar-refractivity contribution in [1.82, 2.24) is 19.7 Å². The summed E-state index contributed by atoms with van der Waals surface area (Å²) >= 11 is 6.27. The quantitative estimate of drug-likeness (QED) is 0.392. The molecule has 2 aromatic carbocycles. The van der Waals surface area contributed by atoms with Crippen molar-refractivity contribution in [3.63, 3.8) is 0 Å². The van der Waals surface area contributed by atoms with Crippen LogP contribution in [0.25, 0.3) is 11.4 Å². The zero-order valence-electron chi connectivity index (χ0n) is 18.6. The highest BCUT2D eigenvalue weighted by Gasteiger charge is 2.20. The van der Waals surface area contributed by atoms with Crippen LogP contribution in [0.5, 0.6) is 0 Å². The van der Waals surface area contributed by atoms with Crippen molar-refractivity contribution >= 4 is 29.1 Å². The summed E-state index contributed by atoms with van der Waals surface area (Å²) in [5, 5.41) is 8.08. The Hall–Kier alpha value is -3.71. The highest BCUT2D eigenvalue weighted by molar-refractivity contribution is 6.33. The molecule has 0 bridgehead atoms. The first kappa shape index (κ1) is 22.5. The van der Waals surface area contributed by atoms with Gasteiger partial charge in [-0.1, -0.05) is 35.9 Å². The molecule has 0 aliphatic carbocycles. The highest BCUT2D eigenvalue weighted by atomic mass is 35.5.